The van der Waals surface area contributed by atoms with Crippen LogP contribution in [0.15, 0.2) is 42.5 Å². The lowest BCUT2D eigenvalue weighted by atomic mass is 9.89. The van der Waals surface area contributed by atoms with Gasteiger partial charge < -0.3 is 19.3 Å². The highest BCUT2D eigenvalue weighted by Gasteiger charge is 2.48. The minimum atomic E-state index is -1.09. The van der Waals surface area contributed by atoms with E-state index in [-0.39, 0.29) is 5.91 Å². The van der Waals surface area contributed by atoms with Crippen molar-refractivity contribution in [2.75, 3.05) is 26.2 Å². The van der Waals surface area contributed by atoms with Crippen LogP contribution >= 0.6 is 0 Å². The van der Waals surface area contributed by atoms with E-state index in [0.717, 1.165) is 5.56 Å². The first kappa shape index (κ1) is 16.1. The van der Waals surface area contributed by atoms with Crippen LogP contribution in [0.3, 0.4) is 0 Å². The summed E-state index contributed by atoms with van der Waals surface area (Å²) in [5, 5.41) is 10.2. The molecular weight excluding hydrogens is 310 g/mol. The van der Waals surface area contributed by atoms with Gasteiger partial charge in [-0.1, -0.05) is 0 Å². The molecule has 0 saturated carbocycles. The minimum Gasteiger partial charge on any atom is -0.497 e. The number of methoxy groups -OCH3 is 3. The van der Waals surface area contributed by atoms with Crippen molar-refractivity contribution in [3.05, 3.63) is 48.0 Å². The van der Waals surface area contributed by atoms with Crippen LogP contribution in [0.25, 0.3) is 0 Å². The zero-order valence-electron chi connectivity index (χ0n) is 13.7. The Morgan fingerprint density at radius 3 is 1.92 bits per heavy atom. The van der Waals surface area contributed by atoms with Crippen molar-refractivity contribution in [3.63, 3.8) is 0 Å². The van der Waals surface area contributed by atoms with Gasteiger partial charge in [-0.15, -0.1) is 0 Å². The highest BCUT2D eigenvalue weighted by Crippen LogP contribution is 2.41. The van der Waals surface area contributed by atoms with Gasteiger partial charge in [-0.2, -0.15) is 0 Å². The molecule has 0 aromatic heterocycles. The summed E-state index contributed by atoms with van der Waals surface area (Å²) >= 11 is 0. The molecule has 6 nitrogen and oxygen atoms in total. The average Bonchev–Trinajstić information content (AvgIpc) is 2.64. The summed E-state index contributed by atoms with van der Waals surface area (Å²) in [5.74, 6) is 1.56. The van der Waals surface area contributed by atoms with Crippen LogP contribution in [-0.2, 0) is 4.79 Å². The van der Waals surface area contributed by atoms with Gasteiger partial charge in [0.1, 0.15) is 17.2 Å². The maximum absolute atomic E-state index is 12.2. The molecule has 1 aliphatic heterocycles. The molecule has 2 aromatic carbocycles. The number of β-lactam (4-membered cyclic amide) rings is 1. The highest BCUT2D eigenvalue weighted by atomic mass is 16.5. The smallest absolute Gasteiger partial charge is 0.259 e. The lowest BCUT2D eigenvalue weighted by Gasteiger charge is -2.44. The molecule has 126 valence electrons. The number of carbonyl (C=O) groups is 1. The Kier molecular flexibility index (Phi) is 4.31. The van der Waals surface area contributed by atoms with E-state index >= 15 is 0 Å². The summed E-state index contributed by atoms with van der Waals surface area (Å²) in [6.45, 7) is 0. The van der Waals surface area contributed by atoms with Gasteiger partial charge >= 0.3 is 0 Å². The van der Waals surface area contributed by atoms with E-state index < -0.39 is 12.1 Å². The number of anilines is 1. The second-order valence-electron chi connectivity index (χ2n) is 5.44. The fourth-order valence-corrected chi connectivity index (χ4v) is 2.84. The predicted octanol–water partition coefficient (Wildman–Crippen LogP) is 2.16. The lowest BCUT2D eigenvalue weighted by molar-refractivity contribution is -0.137. The molecule has 2 atom stereocenters. The van der Waals surface area contributed by atoms with E-state index in [9.17, 15) is 9.90 Å². The summed E-state index contributed by atoms with van der Waals surface area (Å²) < 4.78 is 15.7. The second-order valence-corrected chi connectivity index (χ2v) is 5.44. The third kappa shape index (κ3) is 2.65. The van der Waals surface area contributed by atoms with Crippen molar-refractivity contribution < 1.29 is 24.1 Å². The van der Waals surface area contributed by atoms with E-state index in [1.165, 1.54) is 0 Å². The van der Waals surface area contributed by atoms with Crippen LogP contribution in [0.5, 0.6) is 17.2 Å². The van der Waals surface area contributed by atoms with Crippen LogP contribution in [0.1, 0.15) is 11.6 Å². The number of aliphatic hydroxyl groups is 1. The van der Waals surface area contributed by atoms with E-state index in [2.05, 4.69) is 0 Å². The van der Waals surface area contributed by atoms with Gasteiger partial charge in [-0.05, 0) is 42.0 Å². The van der Waals surface area contributed by atoms with Gasteiger partial charge in [-0.3, -0.25) is 9.69 Å². The summed E-state index contributed by atoms with van der Waals surface area (Å²) in [6.07, 6.45) is -1.09. The van der Waals surface area contributed by atoms with Gasteiger partial charge in [0.15, 0.2) is 6.10 Å². The molecule has 0 spiro atoms. The maximum Gasteiger partial charge on any atom is 0.259 e. The molecule has 3 rings (SSSR count). The topological polar surface area (TPSA) is 68.2 Å². The number of rotatable bonds is 5. The highest BCUT2D eigenvalue weighted by molar-refractivity contribution is 6.05. The van der Waals surface area contributed by atoms with Gasteiger partial charge in [0, 0.05) is 11.8 Å². The van der Waals surface area contributed by atoms with Gasteiger partial charge in [0.25, 0.3) is 5.91 Å². The number of amides is 1. The number of carbonyl (C=O) groups excluding carboxylic acids is 1. The molecule has 1 saturated heterocycles. The first-order valence-corrected chi connectivity index (χ1v) is 7.47. The molecule has 6 heteroatoms. The molecule has 1 aliphatic rings. The number of hydrogen-bond acceptors (Lipinski definition) is 5. The quantitative estimate of drug-likeness (QED) is 0.852. The van der Waals surface area contributed by atoms with Crippen molar-refractivity contribution in [1.29, 1.82) is 0 Å². The Balaban J connectivity index is 1.97. The zero-order valence-corrected chi connectivity index (χ0v) is 13.7. The van der Waals surface area contributed by atoms with Crippen LogP contribution in [0, 0.1) is 0 Å². The first-order valence-electron chi connectivity index (χ1n) is 7.47. The van der Waals surface area contributed by atoms with Gasteiger partial charge in [-0.25, -0.2) is 0 Å². The van der Waals surface area contributed by atoms with Crippen molar-refractivity contribution >= 4 is 11.6 Å². The molecule has 2 aromatic rings. The molecule has 1 amide bonds. The Labute approximate surface area is 140 Å². The molecule has 0 unspecified atom stereocenters. The average molecular weight is 329 g/mol. The third-order valence-corrected chi connectivity index (χ3v) is 4.13. The van der Waals surface area contributed by atoms with E-state index in [4.69, 9.17) is 14.2 Å². The van der Waals surface area contributed by atoms with Gasteiger partial charge in [0.2, 0.25) is 0 Å². The van der Waals surface area contributed by atoms with Gasteiger partial charge in [0.05, 0.1) is 27.4 Å². The summed E-state index contributed by atoms with van der Waals surface area (Å²) in [4.78, 5) is 13.7. The number of ether oxygens (including phenoxy) is 3. The molecule has 0 radical (unpaired) electrons. The van der Waals surface area contributed by atoms with E-state index in [0.29, 0.717) is 22.9 Å². The summed E-state index contributed by atoms with van der Waals surface area (Å²) in [6, 6.07) is 12.0. The monoisotopic (exact) mass is 329 g/mol. The van der Waals surface area contributed by atoms with Crippen LogP contribution < -0.4 is 19.1 Å². The van der Waals surface area contributed by atoms with E-state index in [1.54, 1.807) is 68.7 Å². The maximum atomic E-state index is 12.2. The molecule has 0 aliphatic carbocycles. The third-order valence-electron chi connectivity index (χ3n) is 4.13. The zero-order chi connectivity index (χ0) is 17.3. The standard InChI is InChI=1S/C18H19NO5/c1-22-13-6-4-12(5-7-13)19-16(17(20)18(19)21)11-8-14(23-2)10-15(9-11)24-3/h4-10,16-17,20H,1-3H3/t16-,17+/m0/s1. The van der Waals surface area contributed by atoms with Crippen LogP contribution in [-0.4, -0.2) is 38.4 Å². The molecular formula is C18H19NO5. The predicted molar refractivity (Wildman–Crippen MR) is 88.8 cm³/mol. The number of hydrogen-bond donors (Lipinski definition) is 1. The Morgan fingerprint density at radius 2 is 1.42 bits per heavy atom. The SMILES string of the molecule is COc1ccc(N2C(=O)[C@H](O)[C@@H]2c2cc(OC)cc(OC)c2)cc1. The number of nitrogens with zero attached hydrogens (tertiary/aromatic N) is 1. The largest absolute Gasteiger partial charge is 0.497 e. The molecule has 1 heterocycles. The van der Waals surface area contributed by atoms with Crippen molar-refractivity contribution in [2.24, 2.45) is 0 Å². The Hall–Kier alpha value is -2.73. The van der Waals surface area contributed by atoms with Crippen molar-refractivity contribution in [1.82, 2.24) is 0 Å². The summed E-state index contributed by atoms with van der Waals surface area (Å²) in [7, 11) is 4.70. The molecule has 1 N–H and O–H groups in total. The molecule has 1 fully saturated rings. The fourth-order valence-electron chi connectivity index (χ4n) is 2.84. The number of benzene rings is 2. The molecule has 0 bridgehead atoms. The second kappa shape index (κ2) is 6.41. The van der Waals surface area contributed by atoms with Crippen molar-refractivity contribution in [3.8, 4) is 17.2 Å². The van der Waals surface area contributed by atoms with Crippen LogP contribution in [0.4, 0.5) is 5.69 Å². The normalized spacial score (nSPS) is 19.7. The molecule has 24 heavy (non-hydrogen) atoms. The number of aliphatic hydroxyl groups excluding tert-OH is 1. The lowest BCUT2D eigenvalue weighted by Crippen LogP contribution is -2.59. The van der Waals surface area contributed by atoms with E-state index in [1.807, 2.05) is 0 Å². The Bertz CT molecular complexity index is 721. The first-order chi connectivity index (χ1) is 11.6. The summed E-state index contributed by atoms with van der Waals surface area (Å²) in [5.41, 5.74) is 1.44. The van der Waals surface area contributed by atoms with Crippen LogP contribution in [0.2, 0.25) is 0 Å². The van der Waals surface area contributed by atoms with Crippen molar-refractivity contribution in [2.45, 2.75) is 12.1 Å². The minimum absolute atomic E-state index is 0.341. The fraction of sp³-hybridized carbons (Fsp3) is 0.278. The Morgan fingerprint density at radius 1 is 0.875 bits per heavy atom.